The van der Waals surface area contributed by atoms with Gasteiger partial charge in [-0.3, -0.25) is 9.59 Å². The van der Waals surface area contributed by atoms with E-state index >= 15 is 0 Å². The Hall–Kier alpha value is -2.27. The quantitative estimate of drug-likeness (QED) is 0.868. The number of anilines is 1. The molecule has 1 aliphatic rings. The number of rotatable bonds is 3. The van der Waals surface area contributed by atoms with Crippen LogP contribution in [-0.2, 0) is 11.3 Å². The number of pyridine rings is 1. The normalized spacial score (nSPS) is 16.6. The van der Waals surface area contributed by atoms with Gasteiger partial charge in [-0.15, -0.1) is 0 Å². The van der Waals surface area contributed by atoms with Crippen molar-refractivity contribution in [1.29, 1.82) is 0 Å². The van der Waals surface area contributed by atoms with Crippen LogP contribution in [0.25, 0.3) is 0 Å². The predicted octanol–water partition coefficient (Wildman–Crippen LogP) is 2.71. The Balaban J connectivity index is 1.79. The van der Waals surface area contributed by atoms with E-state index in [2.05, 4.69) is 0 Å². The van der Waals surface area contributed by atoms with Gasteiger partial charge in [0.05, 0.1) is 12.2 Å². The minimum Gasteiger partial charge on any atom is -0.487 e. The molecule has 0 fully saturated rings. The molecule has 5 nitrogen and oxygen atoms in total. The van der Waals surface area contributed by atoms with Crippen LogP contribution in [0.1, 0.15) is 13.3 Å². The molecule has 120 valence electrons. The van der Waals surface area contributed by atoms with Crippen LogP contribution in [0.4, 0.5) is 5.69 Å². The molecule has 3 rings (SSSR count). The molecule has 0 spiro atoms. The number of fused-ring (bicyclic) bond motifs is 1. The molecule has 1 aliphatic heterocycles. The zero-order valence-corrected chi connectivity index (χ0v) is 13.5. The first-order valence-corrected chi connectivity index (χ1v) is 7.84. The number of benzene rings is 1. The summed E-state index contributed by atoms with van der Waals surface area (Å²) in [5.41, 5.74) is 0.570. The summed E-state index contributed by atoms with van der Waals surface area (Å²) in [6.45, 7) is 2.73. The van der Waals surface area contributed by atoms with Crippen LogP contribution >= 0.6 is 11.6 Å². The van der Waals surface area contributed by atoms with Gasteiger partial charge in [0.15, 0.2) is 0 Å². The number of ether oxygens (including phenoxy) is 1. The number of hydrogen-bond acceptors (Lipinski definition) is 3. The maximum atomic E-state index is 12.6. The van der Waals surface area contributed by atoms with Crippen LogP contribution < -0.4 is 15.2 Å². The number of carbonyl (C=O) groups is 1. The highest BCUT2D eigenvalue weighted by Gasteiger charge is 2.27. The standard InChI is InChI=1S/C17H17ClN2O3/c1-12-11-20(14-10-13(18)5-6-15(14)23-12)17(22)7-9-19-8-3-2-4-16(19)21/h2-6,8,10,12H,7,9,11H2,1H3. The fourth-order valence-corrected chi connectivity index (χ4v) is 2.81. The van der Waals surface area contributed by atoms with E-state index in [9.17, 15) is 9.59 Å². The number of nitrogens with zero attached hydrogens (tertiary/aromatic N) is 2. The predicted molar refractivity (Wildman–Crippen MR) is 89.2 cm³/mol. The van der Waals surface area contributed by atoms with Gasteiger partial charge in [-0.1, -0.05) is 17.7 Å². The molecule has 0 saturated carbocycles. The third kappa shape index (κ3) is 3.40. The van der Waals surface area contributed by atoms with Gasteiger partial charge in [-0.2, -0.15) is 0 Å². The summed E-state index contributed by atoms with van der Waals surface area (Å²) in [5.74, 6) is 0.595. The molecule has 2 aromatic rings. The number of aryl methyl sites for hydroxylation is 1. The highest BCUT2D eigenvalue weighted by Crippen LogP contribution is 2.35. The molecule has 0 N–H and O–H groups in total. The van der Waals surface area contributed by atoms with E-state index in [1.165, 1.54) is 10.6 Å². The first-order valence-electron chi connectivity index (χ1n) is 7.46. The molecule has 1 aromatic heterocycles. The van der Waals surface area contributed by atoms with E-state index < -0.39 is 0 Å². The molecule has 1 aromatic carbocycles. The minimum absolute atomic E-state index is 0.0561. The van der Waals surface area contributed by atoms with Crippen LogP contribution in [0.2, 0.25) is 5.02 Å². The van der Waals surface area contributed by atoms with Crippen molar-refractivity contribution < 1.29 is 9.53 Å². The van der Waals surface area contributed by atoms with Gasteiger partial charge in [0.2, 0.25) is 5.91 Å². The largest absolute Gasteiger partial charge is 0.487 e. The van der Waals surface area contributed by atoms with Crippen molar-refractivity contribution >= 4 is 23.2 Å². The van der Waals surface area contributed by atoms with Crippen molar-refractivity contribution in [2.45, 2.75) is 26.0 Å². The molecule has 6 heteroatoms. The van der Waals surface area contributed by atoms with Gasteiger partial charge < -0.3 is 14.2 Å². The van der Waals surface area contributed by atoms with E-state index in [-0.39, 0.29) is 24.0 Å². The zero-order chi connectivity index (χ0) is 16.4. The first kappa shape index (κ1) is 15.6. The minimum atomic E-state index is -0.112. The molecule has 23 heavy (non-hydrogen) atoms. The van der Waals surface area contributed by atoms with Crippen LogP contribution in [0, 0.1) is 0 Å². The number of aromatic nitrogens is 1. The molecule has 0 saturated heterocycles. The Labute approximate surface area is 139 Å². The van der Waals surface area contributed by atoms with Gasteiger partial charge in [0.1, 0.15) is 11.9 Å². The van der Waals surface area contributed by atoms with Crippen LogP contribution in [0.5, 0.6) is 5.75 Å². The van der Waals surface area contributed by atoms with Crippen molar-refractivity contribution in [2.75, 3.05) is 11.4 Å². The third-order valence-corrected chi connectivity index (χ3v) is 3.98. The lowest BCUT2D eigenvalue weighted by atomic mass is 10.2. The molecular formula is C17H17ClN2O3. The zero-order valence-electron chi connectivity index (χ0n) is 12.7. The van der Waals surface area contributed by atoms with Gasteiger partial charge in [0.25, 0.3) is 5.56 Å². The number of amides is 1. The topological polar surface area (TPSA) is 51.5 Å². The maximum Gasteiger partial charge on any atom is 0.250 e. The second-order valence-corrected chi connectivity index (χ2v) is 5.96. The maximum absolute atomic E-state index is 12.6. The summed E-state index contributed by atoms with van der Waals surface area (Å²) < 4.78 is 7.27. The van der Waals surface area contributed by atoms with E-state index in [0.717, 1.165) is 0 Å². The van der Waals surface area contributed by atoms with E-state index in [4.69, 9.17) is 16.3 Å². The molecule has 0 bridgehead atoms. The molecular weight excluding hydrogens is 316 g/mol. The van der Waals surface area contributed by atoms with Crippen molar-refractivity contribution in [3.8, 4) is 5.75 Å². The Morgan fingerprint density at radius 1 is 1.35 bits per heavy atom. The lowest BCUT2D eigenvalue weighted by molar-refractivity contribution is -0.119. The lowest BCUT2D eigenvalue weighted by Gasteiger charge is -2.33. The molecule has 1 atom stereocenters. The Morgan fingerprint density at radius 3 is 2.96 bits per heavy atom. The molecule has 1 unspecified atom stereocenters. The van der Waals surface area contributed by atoms with Crippen LogP contribution in [0.15, 0.2) is 47.4 Å². The van der Waals surface area contributed by atoms with Crippen LogP contribution in [-0.4, -0.2) is 23.1 Å². The molecule has 1 amide bonds. The monoisotopic (exact) mass is 332 g/mol. The van der Waals surface area contributed by atoms with Crippen LogP contribution in [0.3, 0.4) is 0 Å². The third-order valence-electron chi connectivity index (χ3n) is 3.75. The SMILES string of the molecule is CC1CN(C(=O)CCn2ccccc2=O)c2cc(Cl)ccc2O1. The van der Waals surface area contributed by atoms with Crippen molar-refractivity contribution in [1.82, 2.24) is 4.57 Å². The first-order chi connectivity index (χ1) is 11.0. The summed E-state index contributed by atoms with van der Waals surface area (Å²) >= 11 is 6.04. The Morgan fingerprint density at radius 2 is 2.17 bits per heavy atom. The Kier molecular flexibility index (Phi) is 4.39. The average molecular weight is 333 g/mol. The fraction of sp³-hybridized carbons (Fsp3) is 0.294. The van der Waals surface area contributed by atoms with Gasteiger partial charge in [-0.05, 0) is 31.2 Å². The summed E-state index contributed by atoms with van der Waals surface area (Å²) in [6, 6.07) is 10.2. The number of halogens is 1. The molecule has 2 heterocycles. The summed E-state index contributed by atoms with van der Waals surface area (Å²) in [6.07, 6.45) is 1.83. The van der Waals surface area contributed by atoms with Gasteiger partial charge in [-0.25, -0.2) is 0 Å². The fourth-order valence-electron chi connectivity index (χ4n) is 2.64. The smallest absolute Gasteiger partial charge is 0.250 e. The second kappa shape index (κ2) is 6.46. The molecule has 0 radical (unpaired) electrons. The Bertz CT molecular complexity index is 787. The van der Waals surface area contributed by atoms with Gasteiger partial charge in [0, 0.05) is 30.3 Å². The van der Waals surface area contributed by atoms with E-state index in [1.54, 1.807) is 41.4 Å². The molecule has 0 aliphatic carbocycles. The van der Waals surface area contributed by atoms with Crippen molar-refractivity contribution in [3.05, 3.63) is 58.0 Å². The van der Waals surface area contributed by atoms with Crippen molar-refractivity contribution in [3.63, 3.8) is 0 Å². The van der Waals surface area contributed by atoms with Crippen molar-refractivity contribution in [2.24, 2.45) is 0 Å². The average Bonchev–Trinajstić information content (AvgIpc) is 2.53. The number of hydrogen-bond donors (Lipinski definition) is 0. The van der Waals surface area contributed by atoms with Gasteiger partial charge >= 0.3 is 0 Å². The summed E-state index contributed by atoms with van der Waals surface area (Å²) in [4.78, 5) is 26.0. The lowest BCUT2D eigenvalue weighted by Crippen LogP contribution is -2.42. The number of carbonyl (C=O) groups excluding carboxylic acids is 1. The summed E-state index contributed by atoms with van der Waals surface area (Å²) in [7, 11) is 0. The highest BCUT2D eigenvalue weighted by atomic mass is 35.5. The second-order valence-electron chi connectivity index (χ2n) is 5.53. The van der Waals surface area contributed by atoms with E-state index in [1.807, 2.05) is 6.92 Å². The summed E-state index contributed by atoms with van der Waals surface area (Å²) in [5, 5.41) is 0.555. The highest BCUT2D eigenvalue weighted by molar-refractivity contribution is 6.31. The van der Waals surface area contributed by atoms with E-state index in [0.29, 0.717) is 29.5 Å².